The summed E-state index contributed by atoms with van der Waals surface area (Å²) in [7, 11) is 0. The van der Waals surface area contributed by atoms with Crippen LogP contribution < -0.4 is 0 Å². The molecule has 1 aromatic carbocycles. The summed E-state index contributed by atoms with van der Waals surface area (Å²) in [6, 6.07) is 10.6. The molecule has 0 radical (unpaired) electrons. The van der Waals surface area contributed by atoms with E-state index in [0.717, 1.165) is 6.42 Å². The first kappa shape index (κ1) is 10.7. The van der Waals surface area contributed by atoms with Gasteiger partial charge in [0.2, 0.25) is 0 Å². The predicted molar refractivity (Wildman–Crippen MR) is 62.8 cm³/mol. The zero-order valence-corrected chi connectivity index (χ0v) is 9.77. The van der Waals surface area contributed by atoms with Gasteiger partial charge in [0, 0.05) is 0 Å². The van der Waals surface area contributed by atoms with Crippen molar-refractivity contribution in [3.8, 4) is 0 Å². The second kappa shape index (κ2) is 3.64. The van der Waals surface area contributed by atoms with Crippen molar-refractivity contribution in [3.63, 3.8) is 0 Å². The van der Waals surface area contributed by atoms with Gasteiger partial charge in [0.1, 0.15) is 0 Å². The van der Waals surface area contributed by atoms with Crippen LogP contribution in [0.2, 0.25) is 0 Å². The average Bonchev–Trinajstić information content (AvgIpc) is 2.93. The first-order chi connectivity index (χ1) is 7.05. The summed E-state index contributed by atoms with van der Waals surface area (Å²) in [6.07, 6.45) is 0.967. The Bertz CT molecular complexity index is 330. The second-order valence-corrected chi connectivity index (χ2v) is 5.19. The van der Waals surface area contributed by atoms with Gasteiger partial charge in [-0.3, -0.25) is 0 Å². The topological polar surface area (TPSA) is 20.2 Å². The fourth-order valence-corrected chi connectivity index (χ4v) is 2.63. The molecular formula is C14H20O. The minimum atomic E-state index is -0.186. The normalized spacial score (nSPS) is 33.5. The Morgan fingerprint density at radius 3 is 2.33 bits per heavy atom. The molecule has 2 rings (SSSR count). The van der Waals surface area contributed by atoms with Gasteiger partial charge in [0.25, 0.3) is 0 Å². The Morgan fingerprint density at radius 2 is 1.87 bits per heavy atom. The van der Waals surface area contributed by atoms with Gasteiger partial charge in [0.05, 0.1) is 6.10 Å². The van der Waals surface area contributed by atoms with Crippen LogP contribution in [0.5, 0.6) is 0 Å². The van der Waals surface area contributed by atoms with Crippen LogP contribution in [0.1, 0.15) is 38.7 Å². The van der Waals surface area contributed by atoms with Crippen LogP contribution in [0, 0.1) is 11.3 Å². The van der Waals surface area contributed by atoms with Crippen LogP contribution in [0.15, 0.2) is 30.3 Å². The van der Waals surface area contributed by atoms with Crippen molar-refractivity contribution in [3.05, 3.63) is 35.9 Å². The van der Waals surface area contributed by atoms with Crippen LogP contribution in [-0.2, 0) is 0 Å². The molecule has 0 aromatic heterocycles. The third-order valence-electron chi connectivity index (χ3n) is 4.23. The zero-order valence-electron chi connectivity index (χ0n) is 9.77. The van der Waals surface area contributed by atoms with Crippen molar-refractivity contribution in [2.45, 2.75) is 39.2 Å². The van der Waals surface area contributed by atoms with Gasteiger partial charge in [-0.15, -0.1) is 0 Å². The van der Waals surface area contributed by atoms with Gasteiger partial charge in [0.15, 0.2) is 0 Å². The molecule has 15 heavy (non-hydrogen) atoms. The van der Waals surface area contributed by atoms with Gasteiger partial charge < -0.3 is 5.11 Å². The maximum absolute atomic E-state index is 9.72. The van der Waals surface area contributed by atoms with Gasteiger partial charge >= 0.3 is 0 Å². The van der Waals surface area contributed by atoms with Crippen molar-refractivity contribution < 1.29 is 5.11 Å². The van der Waals surface area contributed by atoms with E-state index in [4.69, 9.17) is 0 Å². The molecule has 1 N–H and O–H groups in total. The molecule has 1 saturated carbocycles. The average molecular weight is 204 g/mol. The highest BCUT2D eigenvalue weighted by atomic mass is 16.3. The van der Waals surface area contributed by atoms with E-state index in [1.54, 1.807) is 0 Å². The molecule has 1 heteroatoms. The van der Waals surface area contributed by atoms with Crippen LogP contribution in [0.3, 0.4) is 0 Å². The van der Waals surface area contributed by atoms with Crippen LogP contribution >= 0.6 is 0 Å². The zero-order chi connectivity index (χ0) is 11.1. The molecule has 1 aliphatic carbocycles. The molecule has 0 unspecified atom stereocenters. The summed E-state index contributed by atoms with van der Waals surface area (Å²) in [5, 5.41) is 9.72. The van der Waals surface area contributed by atoms with Crippen molar-refractivity contribution in [1.29, 1.82) is 0 Å². The van der Waals surface area contributed by atoms with Crippen LogP contribution in [0.4, 0.5) is 0 Å². The number of aliphatic hydroxyl groups is 1. The third kappa shape index (κ3) is 1.81. The lowest BCUT2D eigenvalue weighted by atomic mass is 9.89. The quantitative estimate of drug-likeness (QED) is 0.801. The van der Waals surface area contributed by atoms with Crippen LogP contribution in [-0.4, -0.2) is 11.2 Å². The summed E-state index contributed by atoms with van der Waals surface area (Å²) in [5.41, 5.74) is 1.54. The molecule has 4 atom stereocenters. The summed E-state index contributed by atoms with van der Waals surface area (Å²) in [4.78, 5) is 0. The molecule has 1 nitrogen and oxygen atoms in total. The van der Waals surface area contributed by atoms with Gasteiger partial charge in [-0.2, -0.15) is 0 Å². The molecule has 0 aliphatic heterocycles. The van der Waals surface area contributed by atoms with Crippen molar-refractivity contribution in [2.75, 3.05) is 0 Å². The number of aliphatic hydroxyl groups excluding tert-OH is 1. The molecule has 0 heterocycles. The van der Waals surface area contributed by atoms with Gasteiger partial charge in [-0.05, 0) is 36.2 Å². The van der Waals surface area contributed by atoms with E-state index < -0.39 is 0 Å². The molecule has 0 saturated heterocycles. The van der Waals surface area contributed by atoms with Gasteiger partial charge in [-0.1, -0.05) is 44.2 Å². The predicted octanol–water partition coefficient (Wildman–Crippen LogP) is 3.20. The summed E-state index contributed by atoms with van der Waals surface area (Å²) in [5.74, 6) is 1.20. The highest BCUT2D eigenvalue weighted by molar-refractivity contribution is 5.23. The molecule has 1 aliphatic rings. The number of hydrogen-bond donors (Lipinski definition) is 1. The van der Waals surface area contributed by atoms with Gasteiger partial charge in [-0.25, -0.2) is 0 Å². The Hall–Kier alpha value is -0.820. The molecular weight excluding hydrogens is 184 g/mol. The maximum atomic E-state index is 9.72. The van der Waals surface area contributed by atoms with E-state index in [0.29, 0.717) is 11.8 Å². The first-order valence-corrected chi connectivity index (χ1v) is 5.78. The highest BCUT2D eigenvalue weighted by Gasteiger charge is 2.55. The third-order valence-corrected chi connectivity index (χ3v) is 4.23. The SMILES string of the molecule is C[C@H](O)[C@@]1(C)C[C@H]1[C@@H](C)c1ccccc1. The summed E-state index contributed by atoms with van der Waals surface area (Å²) in [6.45, 7) is 6.38. The molecule has 82 valence electrons. The fourth-order valence-electron chi connectivity index (χ4n) is 2.63. The number of benzene rings is 1. The molecule has 0 amide bonds. The fraction of sp³-hybridized carbons (Fsp3) is 0.571. The van der Waals surface area contributed by atoms with Crippen molar-refractivity contribution in [1.82, 2.24) is 0 Å². The molecule has 1 aromatic rings. The largest absolute Gasteiger partial charge is 0.393 e. The Labute approximate surface area is 92.1 Å². The lowest BCUT2D eigenvalue weighted by Gasteiger charge is -2.19. The van der Waals surface area contributed by atoms with Crippen molar-refractivity contribution in [2.24, 2.45) is 11.3 Å². The summed E-state index contributed by atoms with van der Waals surface area (Å²) >= 11 is 0. The number of hydrogen-bond acceptors (Lipinski definition) is 1. The van der Waals surface area contributed by atoms with E-state index in [9.17, 15) is 5.11 Å². The van der Waals surface area contributed by atoms with E-state index in [1.165, 1.54) is 5.56 Å². The number of rotatable bonds is 3. The molecule has 0 bridgehead atoms. The Morgan fingerprint density at radius 1 is 1.27 bits per heavy atom. The van der Waals surface area contributed by atoms with Crippen molar-refractivity contribution >= 4 is 0 Å². The van der Waals surface area contributed by atoms with E-state index in [2.05, 4.69) is 44.2 Å². The summed E-state index contributed by atoms with van der Waals surface area (Å²) < 4.78 is 0. The Kier molecular flexibility index (Phi) is 2.59. The second-order valence-electron chi connectivity index (χ2n) is 5.19. The first-order valence-electron chi connectivity index (χ1n) is 5.78. The minimum Gasteiger partial charge on any atom is -0.393 e. The monoisotopic (exact) mass is 204 g/mol. The van der Waals surface area contributed by atoms with E-state index in [-0.39, 0.29) is 11.5 Å². The Balaban J connectivity index is 2.09. The van der Waals surface area contributed by atoms with Crippen LogP contribution in [0.25, 0.3) is 0 Å². The molecule has 1 fully saturated rings. The minimum absolute atomic E-state index is 0.148. The standard InChI is InChI=1S/C14H20O/c1-10(12-7-5-4-6-8-12)13-9-14(13,3)11(2)15/h4-8,10-11,13,15H,9H2,1-3H3/t10-,11-,13-,14+/m0/s1. The lowest BCUT2D eigenvalue weighted by molar-refractivity contribution is 0.108. The highest BCUT2D eigenvalue weighted by Crippen LogP contribution is 2.60. The molecule has 0 spiro atoms. The maximum Gasteiger partial charge on any atom is 0.0568 e. The van der Waals surface area contributed by atoms with E-state index >= 15 is 0 Å². The lowest BCUT2D eigenvalue weighted by Crippen LogP contribution is -2.18. The smallest absolute Gasteiger partial charge is 0.0568 e. The van der Waals surface area contributed by atoms with E-state index in [1.807, 2.05) is 6.92 Å².